The van der Waals surface area contributed by atoms with Crippen LogP contribution in [0, 0.1) is 5.82 Å². The highest BCUT2D eigenvalue weighted by Gasteiger charge is 2.31. The molecule has 0 saturated heterocycles. The van der Waals surface area contributed by atoms with Gasteiger partial charge >= 0.3 is 0 Å². The maximum absolute atomic E-state index is 13.6. The number of fused-ring (bicyclic) bond motifs is 1. The number of rotatable bonds is 8. The van der Waals surface area contributed by atoms with Crippen LogP contribution in [-0.4, -0.2) is 47.9 Å². The standard InChI is InChI=1S/C26H25FN4O4S/c1-34-21-10-3-17(4-11-21)15-35-16-20-9-12-23-30-24(18-5-7-19(27)8-6-18)25(31(20)23)22-13-14-28-26(29-22)36(2,32)33/h3-8,10-11,13-14,20H,9,12,15-16H2,1-2H3. The molecule has 0 aliphatic carbocycles. The molecule has 1 aliphatic rings. The molecule has 0 bridgehead atoms. The van der Waals surface area contributed by atoms with Crippen molar-refractivity contribution in [3.8, 4) is 28.4 Å². The number of ether oxygens (including phenoxy) is 2. The fourth-order valence-corrected chi connectivity index (χ4v) is 4.89. The molecule has 5 rings (SSSR count). The van der Waals surface area contributed by atoms with E-state index in [-0.39, 0.29) is 17.0 Å². The Morgan fingerprint density at radius 1 is 1.06 bits per heavy atom. The third-order valence-electron chi connectivity index (χ3n) is 6.11. The second kappa shape index (κ2) is 9.79. The summed E-state index contributed by atoms with van der Waals surface area (Å²) in [6, 6.07) is 15.4. The molecule has 0 amide bonds. The van der Waals surface area contributed by atoms with E-state index in [1.165, 1.54) is 18.3 Å². The lowest BCUT2D eigenvalue weighted by Crippen LogP contribution is -2.14. The first-order valence-electron chi connectivity index (χ1n) is 11.4. The number of benzene rings is 2. The zero-order chi connectivity index (χ0) is 25.3. The molecule has 186 valence electrons. The number of aromatic nitrogens is 4. The number of aryl methyl sites for hydroxylation is 1. The van der Waals surface area contributed by atoms with Gasteiger partial charge in [0.2, 0.25) is 15.0 Å². The Bertz CT molecular complexity index is 1490. The third-order valence-corrected chi connectivity index (χ3v) is 6.97. The van der Waals surface area contributed by atoms with Crippen molar-refractivity contribution in [1.29, 1.82) is 0 Å². The van der Waals surface area contributed by atoms with Gasteiger partial charge in [-0.2, -0.15) is 0 Å². The van der Waals surface area contributed by atoms with Gasteiger partial charge in [0.15, 0.2) is 0 Å². The van der Waals surface area contributed by atoms with Crippen LogP contribution >= 0.6 is 0 Å². The Morgan fingerprint density at radius 3 is 2.50 bits per heavy atom. The molecule has 1 aliphatic heterocycles. The molecule has 8 nitrogen and oxygen atoms in total. The van der Waals surface area contributed by atoms with Crippen LogP contribution in [0.1, 0.15) is 23.9 Å². The van der Waals surface area contributed by atoms with Gasteiger partial charge in [-0.25, -0.2) is 27.8 Å². The lowest BCUT2D eigenvalue weighted by atomic mass is 10.1. The molecule has 3 heterocycles. The summed E-state index contributed by atoms with van der Waals surface area (Å²) in [7, 11) is -1.98. The number of methoxy groups -OCH3 is 1. The van der Waals surface area contributed by atoms with Gasteiger partial charge < -0.3 is 14.0 Å². The minimum atomic E-state index is -3.61. The van der Waals surface area contributed by atoms with E-state index in [0.717, 1.165) is 36.2 Å². The van der Waals surface area contributed by atoms with Crippen LogP contribution in [0.2, 0.25) is 0 Å². The van der Waals surface area contributed by atoms with Crippen molar-refractivity contribution in [3.05, 3.63) is 78.0 Å². The fraction of sp³-hybridized carbons (Fsp3) is 0.269. The summed E-state index contributed by atoms with van der Waals surface area (Å²) in [5, 5.41) is -0.258. The van der Waals surface area contributed by atoms with Crippen LogP contribution < -0.4 is 4.74 Å². The van der Waals surface area contributed by atoms with Crippen molar-refractivity contribution in [2.45, 2.75) is 30.6 Å². The summed E-state index contributed by atoms with van der Waals surface area (Å²) < 4.78 is 51.2. The summed E-state index contributed by atoms with van der Waals surface area (Å²) in [5.74, 6) is 1.29. The zero-order valence-electron chi connectivity index (χ0n) is 19.9. The Kier molecular flexibility index (Phi) is 6.55. The van der Waals surface area contributed by atoms with Gasteiger partial charge in [0.1, 0.15) is 17.4 Å². The highest BCUT2D eigenvalue weighted by molar-refractivity contribution is 7.90. The van der Waals surface area contributed by atoms with Crippen molar-refractivity contribution in [2.75, 3.05) is 20.0 Å². The van der Waals surface area contributed by atoms with E-state index in [1.807, 2.05) is 24.3 Å². The molecule has 0 saturated carbocycles. The van der Waals surface area contributed by atoms with E-state index in [9.17, 15) is 12.8 Å². The molecule has 36 heavy (non-hydrogen) atoms. The normalized spacial score (nSPS) is 15.1. The molecule has 0 N–H and O–H groups in total. The van der Waals surface area contributed by atoms with Crippen molar-refractivity contribution in [3.63, 3.8) is 0 Å². The summed E-state index contributed by atoms with van der Waals surface area (Å²) in [6.45, 7) is 0.881. The van der Waals surface area contributed by atoms with Crippen molar-refractivity contribution < 1.29 is 22.3 Å². The highest BCUT2D eigenvalue weighted by atomic mass is 32.2. The van der Waals surface area contributed by atoms with Crippen LogP contribution in [0.3, 0.4) is 0 Å². The van der Waals surface area contributed by atoms with Crippen LogP contribution in [0.5, 0.6) is 5.75 Å². The number of hydrogen-bond donors (Lipinski definition) is 0. The highest BCUT2D eigenvalue weighted by Crippen LogP contribution is 2.39. The molecule has 0 radical (unpaired) electrons. The van der Waals surface area contributed by atoms with Gasteiger partial charge in [0.05, 0.1) is 43.4 Å². The minimum absolute atomic E-state index is 0.0217. The van der Waals surface area contributed by atoms with Gasteiger partial charge in [-0.1, -0.05) is 12.1 Å². The summed E-state index contributed by atoms with van der Waals surface area (Å²) in [6.07, 6.45) is 4.06. The number of halogens is 1. The molecule has 1 atom stereocenters. The fourth-order valence-electron chi connectivity index (χ4n) is 4.37. The number of hydrogen-bond acceptors (Lipinski definition) is 7. The van der Waals surface area contributed by atoms with Crippen LogP contribution in [0.15, 0.2) is 66.0 Å². The van der Waals surface area contributed by atoms with Gasteiger partial charge in [0.25, 0.3) is 0 Å². The van der Waals surface area contributed by atoms with E-state index in [2.05, 4.69) is 14.5 Å². The Hall–Kier alpha value is -3.63. The average molecular weight is 509 g/mol. The van der Waals surface area contributed by atoms with Gasteiger partial charge in [0, 0.05) is 24.4 Å². The molecule has 10 heteroatoms. The minimum Gasteiger partial charge on any atom is -0.497 e. The second-order valence-corrected chi connectivity index (χ2v) is 10.6. The molecule has 0 fully saturated rings. The molecule has 2 aromatic heterocycles. The van der Waals surface area contributed by atoms with E-state index in [4.69, 9.17) is 14.5 Å². The first kappa shape index (κ1) is 24.1. The smallest absolute Gasteiger partial charge is 0.247 e. The Morgan fingerprint density at radius 2 is 1.81 bits per heavy atom. The van der Waals surface area contributed by atoms with Gasteiger partial charge in [-0.15, -0.1) is 0 Å². The van der Waals surface area contributed by atoms with Crippen LogP contribution in [0.4, 0.5) is 4.39 Å². The molecular formula is C26H25FN4O4S. The summed E-state index contributed by atoms with van der Waals surface area (Å²) >= 11 is 0. The quantitative estimate of drug-likeness (QED) is 0.328. The van der Waals surface area contributed by atoms with Crippen LogP contribution in [-0.2, 0) is 27.6 Å². The average Bonchev–Trinajstić information content (AvgIpc) is 3.44. The topological polar surface area (TPSA) is 96.2 Å². The maximum Gasteiger partial charge on any atom is 0.247 e. The molecule has 1 unspecified atom stereocenters. The first-order chi connectivity index (χ1) is 17.3. The summed E-state index contributed by atoms with van der Waals surface area (Å²) in [4.78, 5) is 13.1. The molecule has 2 aromatic carbocycles. The van der Waals surface area contributed by atoms with E-state index >= 15 is 0 Å². The maximum atomic E-state index is 13.6. The number of imidazole rings is 1. The molecular weight excluding hydrogens is 483 g/mol. The molecule has 4 aromatic rings. The number of nitrogens with zero attached hydrogens (tertiary/aromatic N) is 4. The predicted molar refractivity (Wildman–Crippen MR) is 132 cm³/mol. The van der Waals surface area contributed by atoms with Gasteiger partial charge in [-0.3, -0.25) is 0 Å². The van der Waals surface area contributed by atoms with Crippen molar-refractivity contribution in [1.82, 2.24) is 19.5 Å². The Labute approximate surface area is 208 Å². The largest absolute Gasteiger partial charge is 0.497 e. The van der Waals surface area contributed by atoms with E-state index < -0.39 is 9.84 Å². The van der Waals surface area contributed by atoms with Gasteiger partial charge in [-0.05, 0) is 54.4 Å². The monoisotopic (exact) mass is 508 g/mol. The lowest BCUT2D eigenvalue weighted by Gasteiger charge is -2.18. The lowest BCUT2D eigenvalue weighted by molar-refractivity contribution is 0.0924. The summed E-state index contributed by atoms with van der Waals surface area (Å²) in [5.41, 5.74) is 3.46. The van der Waals surface area contributed by atoms with Crippen molar-refractivity contribution in [2.24, 2.45) is 0 Å². The second-order valence-electron chi connectivity index (χ2n) is 8.65. The Balaban J connectivity index is 1.50. The molecule has 0 spiro atoms. The third kappa shape index (κ3) is 4.87. The zero-order valence-corrected chi connectivity index (χ0v) is 20.7. The van der Waals surface area contributed by atoms with Crippen molar-refractivity contribution >= 4 is 9.84 Å². The number of sulfone groups is 1. The first-order valence-corrected chi connectivity index (χ1v) is 13.3. The van der Waals surface area contributed by atoms with E-state index in [0.29, 0.717) is 35.9 Å². The SMILES string of the molecule is COc1ccc(COCC2CCc3nc(-c4ccc(F)cc4)c(-c4ccnc(S(C)(=O)=O)n4)n32)cc1. The predicted octanol–water partition coefficient (Wildman–Crippen LogP) is 4.26. The van der Waals surface area contributed by atoms with E-state index in [1.54, 1.807) is 25.3 Å². The van der Waals surface area contributed by atoms with Crippen LogP contribution in [0.25, 0.3) is 22.6 Å².